The van der Waals surface area contributed by atoms with E-state index < -0.39 is 5.54 Å². The summed E-state index contributed by atoms with van der Waals surface area (Å²) >= 11 is 6.08. The van der Waals surface area contributed by atoms with Crippen LogP contribution in [-0.2, 0) is 9.53 Å². The Morgan fingerprint density at radius 2 is 1.67 bits per heavy atom. The van der Waals surface area contributed by atoms with Crippen LogP contribution in [0.2, 0.25) is 5.02 Å². The van der Waals surface area contributed by atoms with Gasteiger partial charge in [0.1, 0.15) is 5.76 Å². The van der Waals surface area contributed by atoms with E-state index in [2.05, 4.69) is 18.3 Å². The summed E-state index contributed by atoms with van der Waals surface area (Å²) in [5.74, 6) is -0.0142. The molecule has 2 aliphatic rings. The summed E-state index contributed by atoms with van der Waals surface area (Å²) < 4.78 is 5.47. The van der Waals surface area contributed by atoms with E-state index in [9.17, 15) is 9.90 Å². The molecule has 158 valence electrons. The number of carbonyl (C=O) groups is 1. The molecule has 4 nitrogen and oxygen atoms in total. The van der Waals surface area contributed by atoms with Gasteiger partial charge in [0.15, 0.2) is 0 Å². The van der Waals surface area contributed by atoms with Crippen LogP contribution < -0.4 is 5.32 Å². The highest BCUT2D eigenvalue weighted by molar-refractivity contribution is 6.30. The fourth-order valence-electron chi connectivity index (χ4n) is 5.23. The molecule has 30 heavy (non-hydrogen) atoms. The van der Waals surface area contributed by atoms with Crippen molar-refractivity contribution in [1.29, 1.82) is 0 Å². The number of hydrogen-bond donors (Lipinski definition) is 2. The number of methoxy groups -OCH3 is 1. The summed E-state index contributed by atoms with van der Waals surface area (Å²) in [5, 5.41) is 15.1. The lowest BCUT2D eigenvalue weighted by Crippen LogP contribution is -2.48. The quantitative estimate of drug-likeness (QED) is 0.667. The number of carbonyl (C=O) groups excluding carboxylic acids is 1. The maximum atomic E-state index is 13.1. The van der Waals surface area contributed by atoms with E-state index in [4.69, 9.17) is 16.3 Å². The van der Waals surface area contributed by atoms with Gasteiger partial charge in [-0.15, -0.1) is 0 Å². The minimum absolute atomic E-state index is 0.180. The van der Waals surface area contributed by atoms with Gasteiger partial charge in [-0.1, -0.05) is 29.8 Å². The number of ether oxygens (including phenoxy) is 1. The second-order valence-electron chi connectivity index (χ2n) is 8.59. The van der Waals surface area contributed by atoms with Crippen LogP contribution in [0.3, 0.4) is 0 Å². The Bertz CT molecular complexity index is 1030. The van der Waals surface area contributed by atoms with Gasteiger partial charge in [0.05, 0.1) is 17.2 Å². The number of aryl methyl sites for hydroxylation is 2. The molecule has 1 fully saturated rings. The van der Waals surface area contributed by atoms with Gasteiger partial charge >= 0.3 is 0 Å². The van der Waals surface area contributed by atoms with Crippen molar-refractivity contribution in [3.05, 3.63) is 63.4 Å². The Balaban J connectivity index is 1.85. The molecule has 0 atom stereocenters. The summed E-state index contributed by atoms with van der Waals surface area (Å²) in [6.07, 6.45) is 3.18. The molecule has 0 saturated heterocycles. The molecule has 0 unspecified atom stereocenters. The van der Waals surface area contributed by atoms with Gasteiger partial charge in [-0.2, -0.15) is 0 Å². The summed E-state index contributed by atoms with van der Waals surface area (Å²) in [5.41, 5.74) is 5.79. The lowest BCUT2D eigenvalue weighted by molar-refractivity contribution is -0.116. The first-order chi connectivity index (χ1) is 14.3. The first kappa shape index (κ1) is 21.0. The van der Waals surface area contributed by atoms with E-state index in [1.165, 1.54) is 0 Å². The number of aliphatic hydroxyl groups excluding tert-OH is 1. The van der Waals surface area contributed by atoms with Crippen LogP contribution >= 0.6 is 11.6 Å². The van der Waals surface area contributed by atoms with Crippen LogP contribution in [0.15, 0.2) is 36.1 Å². The Hall–Kier alpha value is -2.30. The minimum atomic E-state index is -0.675. The Labute approximate surface area is 182 Å². The van der Waals surface area contributed by atoms with E-state index in [1.54, 1.807) is 7.11 Å². The van der Waals surface area contributed by atoms with Gasteiger partial charge in [-0.25, -0.2) is 0 Å². The van der Waals surface area contributed by atoms with E-state index in [0.29, 0.717) is 23.4 Å². The molecule has 2 N–H and O–H groups in total. The van der Waals surface area contributed by atoms with E-state index in [1.807, 2.05) is 38.1 Å². The highest BCUT2D eigenvalue weighted by atomic mass is 35.5. The Morgan fingerprint density at radius 3 is 2.27 bits per heavy atom. The fourth-order valence-corrected chi connectivity index (χ4v) is 5.36. The number of hydrogen-bond acceptors (Lipinski definition) is 3. The molecule has 5 heteroatoms. The number of nitrogens with one attached hydrogen (secondary N) is 1. The SMILES string of the molecule is COC1CCC2(CC1)NC(=O)C(c1c(C)cc(C)c(-c3ccc(Cl)cc3)c1C)=C2O. The summed E-state index contributed by atoms with van der Waals surface area (Å²) in [6.45, 7) is 6.10. The third kappa shape index (κ3) is 3.32. The van der Waals surface area contributed by atoms with E-state index in [-0.39, 0.29) is 17.8 Å². The number of halogens is 1. The van der Waals surface area contributed by atoms with Crippen LogP contribution in [-0.4, -0.2) is 29.8 Å². The van der Waals surface area contributed by atoms with Gasteiger partial charge in [-0.05, 0) is 92.0 Å². The molecule has 1 spiro atoms. The molecule has 1 saturated carbocycles. The monoisotopic (exact) mass is 425 g/mol. The maximum absolute atomic E-state index is 13.1. The van der Waals surface area contributed by atoms with Crippen molar-refractivity contribution in [2.45, 2.75) is 58.1 Å². The van der Waals surface area contributed by atoms with Crippen LogP contribution in [0.5, 0.6) is 0 Å². The first-order valence-corrected chi connectivity index (χ1v) is 10.8. The van der Waals surface area contributed by atoms with Crippen molar-refractivity contribution in [2.24, 2.45) is 0 Å². The van der Waals surface area contributed by atoms with Crippen LogP contribution in [0.1, 0.15) is 47.9 Å². The number of aliphatic hydroxyl groups is 1. The molecule has 2 aromatic carbocycles. The molecule has 1 aliphatic heterocycles. The molecule has 1 aliphatic carbocycles. The first-order valence-electron chi connectivity index (χ1n) is 10.4. The number of rotatable bonds is 3. The molecule has 1 heterocycles. The lowest BCUT2D eigenvalue weighted by atomic mass is 9.78. The van der Waals surface area contributed by atoms with Gasteiger partial charge in [0, 0.05) is 12.1 Å². The van der Waals surface area contributed by atoms with E-state index in [0.717, 1.165) is 46.2 Å². The lowest BCUT2D eigenvalue weighted by Gasteiger charge is -2.36. The highest BCUT2D eigenvalue weighted by Gasteiger charge is 2.48. The molecule has 2 aromatic rings. The van der Waals surface area contributed by atoms with Crippen LogP contribution in [0, 0.1) is 20.8 Å². The smallest absolute Gasteiger partial charge is 0.256 e. The number of benzene rings is 2. The Kier molecular flexibility index (Phi) is 5.41. The van der Waals surface area contributed by atoms with Crippen molar-refractivity contribution in [3.63, 3.8) is 0 Å². The molecule has 1 amide bonds. The minimum Gasteiger partial charge on any atom is -0.509 e. The van der Waals surface area contributed by atoms with Crippen molar-refractivity contribution in [2.75, 3.05) is 7.11 Å². The third-order valence-electron chi connectivity index (χ3n) is 6.74. The molecular weight excluding hydrogens is 398 g/mol. The molecular formula is C25H28ClNO3. The van der Waals surface area contributed by atoms with Gasteiger partial charge < -0.3 is 15.2 Å². The fraction of sp³-hybridized carbons (Fsp3) is 0.400. The van der Waals surface area contributed by atoms with Gasteiger partial charge in [0.2, 0.25) is 0 Å². The Morgan fingerprint density at radius 1 is 1.07 bits per heavy atom. The summed E-state index contributed by atoms with van der Waals surface area (Å²) in [7, 11) is 1.72. The zero-order valence-electron chi connectivity index (χ0n) is 17.9. The van der Waals surface area contributed by atoms with Crippen molar-refractivity contribution >= 4 is 23.1 Å². The summed E-state index contributed by atoms with van der Waals surface area (Å²) in [6, 6.07) is 9.82. The van der Waals surface area contributed by atoms with Crippen molar-refractivity contribution < 1.29 is 14.6 Å². The number of amides is 1. The zero-order chi connectivity index (χ0) is 21.6. The second kappa shape index (κ2) is 7.75. The normalized spacial score (nSPS) is 23.9. The van der Waals surface area contributed by atoms with Crippen molar-refractivity contribution in [3.8, 4) is 11.1 Å². The molecule has 0 radical (unpaired) electrons. The molecule has 0 aromatic heterocycles. The predicted molar refractivity (Wildman–Crippen MR) is 121 cm³/mol. The van der Waals surface area contributed by atoms with E-state index >= 15 is 0 Å². The third-order valence-corrected chi connectivity index (χ3v) is 7.00. The topological polar surface area (TPSA) is 58.6 Å². The second-order valence-corrected chi connectivity index (χ2v) is 9.02. The standard InChI is InChI=1S/C25H28ClNO3/c1-14-13-15(2)21(16(3)20(14)17-5-7-18(26)8-6-17)22-23(28)25(27-24(22)29)11-9-19(30-4)10-12-25/h5-8,13,19,28H,9-12H2,1-4H3,(H,27,29). The van der Waals surface area contributed by atoms with Gasteiger partial charge in [0.25, 0.3) is 5.91 Å². The maximum Gasteiger partial charge on any atom is 0.256 e. The predicted octanol–water partition coefficient (Wildman–Crippen LogP) is 5.66. The highest BCUT2D eigenvalue weighted by Crippen LogP contribution is 2.44. The molecule has 4 rings (SSSR count). The largest absolute Gasteiger partial charge is 0.509 e. The van der Waals surface area contributed by atoms with Crippen molar-refractivity contribution in [1.82, 2.24) is 5.32 Å². The molecule has 0 bridgehead atoms. The average Bonchev–Trinajstić information content (AvgIpc) is 2.94. The summed E-state index contributed by atoms with van der Waals surface area (Å²) in [4.78, 5) is 13.1. The van der Waals surface area contributed by atoms with Gasteiger partial charge in [-0.3, -0.25) is 4.79 Å². The average molecular weight is 426 g/mol. The zero-order valence-corrected chi connectivity index (χ0v) is 18.7. The van der Waals surface area contributed by atoms with Crippen LogP contribution in [0.25, 0.3) is 16.7 Å². The van der Waals surface area contributed by atoms with Crippen LogP contribution in [0.4, 0.5) is 0 Å².